The lowest BCUT2D eigenvalue weighted by molar-refractivity contribution is 0.328. The molecule has 0 bridgehead atoms. The highest BCUT2D eigenvalue weighted by molar-refractivity contribution is 6.18. The van der Waals surface area contributed by atoms with Gasteiger partial charge in [-0.15, -0.1) is 11.6 Å². The van der Waals surface area contributed by atoms with Gasteiger partial charge in [-0.3, -0.25) is 4.68 Å². The lowest BCUT2D eigenvalue weighted by atomic mass is 9.96. The van der Waals surface area contributed by atoms with E-state index in [1.807, 2.05) is 0 Å². The molecular weight excluding hydrogens is 232 g/mol. The van der Waals surface area contributed by atoms with Gasteiger partial charge in [-0.1, -0.05) is 26.2 Å². The van der Waals surface area contributed by atoms with Gasteiger partial charge in [-0.05, 0) is 37.7 Å². The number of aromatic nitrogens is 2. The van der Waals surface area contributed by atoms with Crippen LogP contribution in [-0.2, 0) is 6.42 Å². The van der Waals surface area contributed by atoms with Crippen LogP contribution >= 0.6 is 11.6 Å². The minimum atomic E-state index is 0.594. The Balaban J connectivity index is 1.86. The van der Waals surface area contributed by atoms with Gasteiger partial charge >= 0.3 is 0 Å². The van der Waals surface area contributed by atoms with Gasteiger partial charge < -0.3 is 0 Å². The monoisotopic (exact) mass is 254 g/mol. The van der Waals surface area contributed by atoms with Gasteiger partial charge in [0, 0.05) is 12.1 Å². The number of alkyl halides is 1. The Hall–Kier alpha value is -0.500. The van der Waals surface area contributed by atoms with E-state index in [9.17, 15) is 0 Å². The highest BCUT2D eigenvalue weighted by Gasteiger charge is 2.15. The van der Waals surface area contributed by atoms with Crippen molar-refractivity contribution in [1.82, 2.24) is 9.78 Å². The van der Waals surface area contributed by atoms with Crippen molar-refractivity contribution in [2.45, 2.75) is 57.9 Å². The van der Waals surface area contributed by atoms with E-state index in [-0.39, 0.29) is 0 Å². The summed E-state index contributed by atoms with van der Waals surface area (Å²) < 4.78 is 2.19. The predicted molar refractivity (Wildman–Crippen MR) is 72.6 cm³/mol. The second-order valence-corrected chi connectivity index (χ2v) is 5.69. The van der Waals surface area contributed by atoms with Crippen molar-refractivity contribution in [1.29, 1.82) is 0 Å². The van der Waals surface area contributed by atoms with Gasteiger partial charge in [0.05, 0.1) is 11.7 Å². The third kappa shape index (κ3) is 3.74. The van der Waals surface area contributed by atoms with E-state index in [1.165, 1.54) is 37.8 Å². The quantitative estimate of drug-likeness (QED) is 0.721. The first-order chi connectivity index (χ1) is 8.29. The summed E-state index contributed by atoms with van der Waals surface area (Å²) in [7, 11) is 0. The topological polar surface area (TPSA) is 17.8 Å². The highest BCUT2D eigenvalue weighted by atomic mass is 35.5. The molecule has 3 heteroatoms. The Labute approximate surface area is 109 Å². The Bertz CT molecular complexity index is 329. The molecule has 1 aliphatic rings. The fourth-order valence-corrected chi connectivity index (χ4v) is 2.69. The van der Waals surface area contributed by atoms with Crippen LogP contribution in [0, 0.1) is 5.92 Å². The second kappa shape index (κ2) is 6.44. The van der Waals surface area contributed by atoms with Crippen LogP contribution in [0.4, 0.5) is 0 Å². The molecule has 17 heavy (non-hydrogen) atoms. The van der Waals surface area contributed by atoms with Crippen molar-refractivity contribution in [3.05, 3.63) is 18.0 Å². The summed E-state index contributed by atoms with van der Waals surface area (Å²) in [5.74, 6) is 1.35. The first kappa shape index (κ1) is 12.9. The molecule has 0 aliphatic heterocycles. The maximum absolute atomic E-state index is 5.82. The van der Waals surface area contributed by atoms with E-state index in [2.05, 4.69) is 23.9 Å². The van der Waals surface area contributed by atoms with Crippen LogP contribution in [0.25, 0.3) is 0 Å². The first-order valence-corrected chi connectivity index (χ1v) is 7.43. The summed E-state index contributed by atoms with van der Waals surface area (Å²) in [4.78, 5) is 0. The molecule has 0 spiro atoms. The molecule has 0 aromatic carbocycles. The zero-order valence-electron chi connectivity index (χ0n) is 10.7. The molecule has 0 saturated heterocycles. The molecule has 1 heterocycles. The van der Waals surface area contributed by atoms with Crippen molar-refractivity contribution < 1.29 is 0 Å². The smallest absolute Gasteiger partial charge is 0.0624 e. The van der Waals surface area contributed by atoms with E-state index >= 15 is 0 Å². The fraction of sp³-hybridized carbons (Fsp3) is 0.786. The zero-order valence-corrected chi connectivity index (χ0v) is 11.5. The summed E-state index contributed by atoms with van der Waals surface area (Å²) in [5, 5.41) is 4.71. The third-order valence-corrected chi connectivity index (χ3v) is 4.30. The molecule has 96 valence electrons. The lowest BCUT2D eigenvalue weighted by Gasteiger charge is -2.21. The Morgan fingerprint density at radius 1 is 1.41 bits per heavy atom. The number of rotatable bonds is 5. The highest BCUT2D eigenvalue weighted by Crippen LogP contribution is 2.27. The number of halogens is 1. The number of nitrogens with zero attached hydrogens (tertiary/aromatic N) is 2. The van der Waals surface area contributed by atoms with Crippen LogP contribution in [0.15, 0.2) is 12.3 Å². The van der Waals surface area contributed by atoms with Gasteiger partial charge in [0.2, 0.25) is 0 Å². The molecule has 1 fully saturated rings. The maximum atomic E-state index is 5.82. The van der Waals surface area contributed by atoms with Crippen LogP contribution in [0.1, 0.15) is 57.2 Å². The molecule has 1 aromatic heterocycles. The molecule has 0 amide bonds. The molecule has 2 nitrogen and oxygen atoms in total. The van der Waals surface area contributed by atoms with E-state index in [0.717, 1.165) is 18.7 Å². The summed E-state index contributed by atoms with van der Waals surface area (Å²) in [6.07, 6.45) is 11.1. The Morgan fingerprint density at radius 2 is 2.18 bits per heavy atom. The molecule has 1 saturated carbocycles. The molecule has 0 radical (unpaired) electrons. The second-order valence-electron chi connectivity index (χ2n) is 5.38. The van der Waals surface area contributed by atoms with Crippen molar-refractivity contribution in [2.24, 2.45) is 5.92 Å². The van der Waals surface area contributed by atoms with Gasteiger partial charge in [0.15, 0.2) is 0 Å². The number of hydrogen-bond donors (Lipinski definition) is 0. The summed E-state index contributed by atoms with van der Waals surface area (Å²) in [5.41, 5.74) is 1.23. The Morgan fingerprint density at radius 3 is 2.88 bits per heavy atom. The van der Waals surface area contributed by atoms with E-state index in [4.69, 9.17) is 16.7 Å². The first-order valence-electron chi connectivity index (χ1n) is 6.89. The van der Waals surface area contributed by atoms with Crippen LogP contribution in [0.3, 0.4) is 0 Å². The van der Waals surface area contributed by atoms with Crippen LogP contribution < -0.4 is 0 Å². The van der Waals surface area contributed by atoms with Crippen LogP contribution in [0.2, 0.25) is 0 Å². The van der Waals surface area contributed by atoms with Gasteiger partial charge in [0.1, 0.15) is 0 Å². The standard InChI is InChI=1S/C14H23ClN2/c1-12(11-15)7-8-13-9-10-17(16-13)14-5-3-2-4-6-14/h9-10,12,14H,2-8,11H2,1H3. The summed E-state index contributed by atoms with van der Waals surface area (Å²) in [6.45, 7) is 2.20. The summed E-state index contributed by atoms with van der Waals surface area (Å²) in [6, 6.07) is 2.83. The molecule has 1 unspecified atom stereocenters. The predicted octanol–water partition coefficient (Wildman–Crippen LogP) is 4.20. The minimum Gasteiger partial charge on any atom is -0.269 e. The molecular formula is C14H23ClN2. The van der Waals surface area contributed by atoms with Crippen molar-refractivity contribution in [2.75, 3.05) is 5.88 Å². The molecule has 0 N–H and O–H groups in total. The van der Waals surface area contributed by atoms with Gasteiger partial charge in [-0.2, -0.15) is 5.10 Å². The van der Waals surface area contributed by atoms with E-state index in [1.54, 1.807) is 0 Å². The largest absolute Gasteiger partial charge is 0.269 e. The number of hydrogen-bond acceptors (Lipinski definition) is 1. The normalized spacial score (nSPS) is 19.4. The van der Waals surface area contributed by atoms with E-state index in [0.29, 0.717) is 12.0 Å². The van der Waals surface area contributed by atoms with Crippen molar-refractivity contribution in [3.63, 3.8) is 0 Å². The third-order valence-electron chi connectivity index (χ3n) is 3.77. The number of aryl methyl sites for hydroxylation is 1. The van der Waals surface area contributed by atoms with E-state index < -0.39 is 0 Å². The average molecular weight is 255 g/mol. The van der Waals surface area contributed by atoms with Crippen molar-refractivity contribution in [3.8, 4) is 0 Å². The molecule has 1 aromatic rings. The fourth-order valence-electron chi connectivity index (χ4n) is 2.53. The Kier molecular flexibility index (Phi) is 4.90. The van der Waals surface area contributed by atoms with Gasteiger partial charge in [0.25, 0.3) is 0 Å². The maximum Gasteiger partial charge on any atom is 0.0624 e. The molecule has 2 rings (SSSR count). The van der Waals surface area contributed by atoms with Crippen LogP contribution in [0.5, 0.6) is 0 Å². The van der Waals surface area contributed by atoms with Crippen molar-refractivity contribution >= 4 is 11.6 Å². The lowest BCUT2D eigenvalue weighted by Crippen LogP contribution is -2.13. The average Bonchev–Trinajstić information content (AvgIpc) is 2.86. The van der Waals surface area contributed by atoms with Crippen LogP contribution in [-0.4, -0.2) is 15.7 Å². The minimum absolute atomic E-state index is 0.594. The van der Waals surface area contributed by atoms with Gasteiger partial charge in [-0.25, -0.2) is 0 Å². The molecule has 1 aliphatic carbocycles. The SMILES string of the molecule is CC(CCl)CCc1ccn(C2CCCCC2)n1. The summed E-state index contributed by atoms with van der Waals surface area (Å²) >= 11 is 5.82. The molecule has 1 atom stereocenters. The zero-order chi connectivity index (χ0) is 12.1.